The monoisotopic (exact) mass is 757 g/mol. The Balaban J connectivity index is 1.92. The van der Waals surface area contributed by atoms with Crippen LogP contribution in [0.4, 0.5) is 8.78 Å². The molecule has 0 aromatic heterocycles. The lowest BCUT2D eigenvalue weighted by atomic mass is 9.68. The highest BCUT2D eigenvalue weighted by molar-refractivity contribution is 7.89. The van der Waals surface area contributed by atoms with Crippen LogP contribution in [0, 0.1) is 5.41 Å². The zero-order valence-electron chi connectivity index (χ0n) is 30.6. The van der Waals surface area contributed by atoms with E-state index >= 15 is 8.78 Å². The third kappa shape index (κ3) is 10.4. The van der Waals surface area contributed by atoms with Crippen LogP contribution in [0.25, 0.3) is 0 Å². The molecule has 52 heavy (non-hydrogen) atoms. The number of rotatable bonds is 15. The molecule has 12 heteroatoms. The fraction of sp³-hybridized carbons (Fsp3) is 0.400. The van der Waals surface area contributed by atoms with Crippen molar-refractivity contribution in [3.8, 4) is 0 Å². The van der Waals surface area contributed by atoms with Gasteiger partial charge in [-0.15, -0.1) is 0 Å². The van der Waals surface area contributed by atoms with Crippen LogP contribution in [-0.4, -0.2) is 31.4 Å². The first-order chi connectivity index (χ1) is 24.0. The highest BCUT2D eigenvalue weighted by atomic mass is 32.2. The van der Waals surface area contributed by atoms with Crippen molar-refractivity contribution in [1.82, 2.24) is 0 Å². The molecule has 0 aliphatic rings. The Kier molecular flexibility index (Phi) is 12.8. The van der Waals surface area contributed by atoms with Crippen LogP contribution < -0.4 is 5.14 Å². The van der Waals surface area contributed by atoms with Gasteiger partial charge in [0, 0.05) is 11.0 Å². The molecule has 4 aromatic rings. The van der Waals surface area contributed by atoms with Crippen LogP contribution in [0.3, 0.4) is 0 Å². The van der Waals surface area contributed by atoms with E-state index in [1.165, 1.54) is 12.1 Å². The number of hydrogen-bond acceptors (Lipinski definition) is 5. The Morgan fingerprint density at radius 1 is 0.654 bits per heavy atom. The lowest BCUT2D eigenvalue weighted by Gasteiger charge is -2.39. The van der Waals surface area contributed by atoms with Crippen molar-refractivity contribution in [2.75, 3.05) is 13.2 Å². The molecule has 0 amide bonds. The zero-order valence-corrected chi connectivity index (χ0v) is 32.3. The van der Waals surface area contributed by atoms with E-state index in [1.54, 1.807) is 39.0 Å². The van der Waals surface area contributed by atoms with E-state index in [1.807, 2.05) is 81.4 Å². The predicted octanol–water partition coefficient (Wildman–Crippen LogP) is 8.36. The van der Waals surface area contributed by atoms with Crippen molar-refractivity contribution in [1.29, 1.82) is 0 Å². The number of benzene rings is 4. The summed E-state index contributed by atoms with van der Waals surface area (Å²) >= 11 is 0. The van der Waals surface area contributed by atoms with E-state index < -0.39 is 45.1 Å². The Bertz CT molecular complexity index is 1910. The summed E-state index contributed by atoms with van der Waals surface area (Å²) in [5, 5.41) is 5.38. The van der Waals surface area contributed by atoms with Crippen LogP contribution in [-0.2, 0) is 66.6 Å². The molecule has 0 atom stereocenters. The normalized spacial score (nSPS) is 13.4. The summed E-state index contributed by atoms with van der Waals surface area (Å²) in [4.78, 5) is 19.6. The van der Waals surface area contributed by atoms with Gasteiger partial charge < -0.3 is 19.3 Å². The van der Waals surface area contributed by atoms with Gasteiger partial charge in [0.05, 0.1) is 31.3 Å². The van der Waals surface area contributed by atoms with E-state index in [0.29, 0.717) is 30.8 Å². The summed E-state index contributed by atoms with van der Waals surface area (Å²) in [6.45, 7) is 11.9. The molecule has 0 unspecified atom stereocenters. The van der Waals surface area contributed by atoms with Gasteiger partial charge in [-0.1, -0.05) is 126 Å². The summed E-state index contributed by atoms with van der Waals surface area (Å²) < 4.78 is 80.6. The van der Waals surface area contributed by atoms with Gasteiger partial charge in [-0.2, -0.15) is 8.78 Å². The van der Waals surface area contributed by atoms with Gasteiger partial charge in [-0.05, 0) is 69.2 Å². The molecule has 0 fully saturated rings. The standard InChI is InChI=1S/C40H50F2NO7PS/c1-37(2,3)35-32(19-22-34(36(35)38(4,5)6)40(41,42)51(44,45)46)24-39(27-49-25-30-13-9-7-10-14-30,28-50-26-31-15-11-8-12-16-31)23-29-17-20-33(21-18-29)52(43,47)48/h7-22H,23-28H2,1-6H3,(H2,43,47,48)(H2,44,45,46). The summed E-state index contributed by atoms with van der Waals surface area (Å²) in [5.74, 6) is 0. The van der Waals surface area contributed by atoms with Gasteiger partial charge in [0.1, 0.15) is 0 Å². The number of ether oxygens (including phenoxy) is 2. The first kappa shape index (κ1) is 41.5. The molecule has 8 nitrogen and oxygen atoms in total. The smallest absolute Gasteiger partial charge is 0.376 e. The Hall–Kier alpha value is -3.28. The van der Waals surface area contributed by atoms with Gasteiger partial charge in [0.2, 0.25) is 10.0 Å². The molecular weight excluding hydrogens is 707 g/mol. The number of primary sulfonamides is 1. The minimum absolute atomic E-state index is 0.0334. The van der Waals surface area contributed by atoms with Crippen molar-refractivity contribution in [2.45, 2.75) is 89.0 Å². The molecule has 282 valence electrons. The molecule has 0 radical (unpaired) electrons. The quantitative estimate of drug-likeness (QED) is 0.104. The molecule has 0 aliphatic heterocycles. The lowest BCUT2D eigenvalue weighted by Crippen LogP contribution is -2.39. The van der Waals surface area contributed by atoms with Crippen molar-refractivity contribution >= 4 is 17.6 Å². The zero-order chi connectivity index (χ0) is 38.6. The fourth-order valence-corrected chi connectivity index (χ4v) is 7.71. The van der Waals surface area contributed by atoms with Crippen molar-refractivity contribution in [2.24, 2.45) is 10.6 Å². The van der Waals surface area contributed by atoms with Crippen LogP contribution in [0.15, 0.2) is 102 Å². The van der Waals surface area contributed by atoms with Crippen molar-refractivity contribution in [3.63, 3.8) is 0 Å². The molecule has 0 bridgehead atoms. The lowest BCUT2D eigenvalue weighted by molar-refractivity contribution is -0.0333. The second kappa shape index (κ2) is 16.0. The van der Waals surface area contributed by atoms with E-state index in [9.17, 15) is 22.8 Å². The number of halogens is 2. The third-order valence-corrected chi connectivity index (χ3v) is 10.8. The molecule has 4 aromatic carbocycles. The van der Waals surface area contributed by atoms with Crippen LogP contribution in [0.1, 0.15) is 80.5 Å². The molecule has 0 saturated heterocycles. The largest absolute Gasteiger partial charge is 0.399 e. The molecule has 4 rings (SSSR count). The first-order valence-corrected chi connectivity index (χ1v) is 20.2. The molecular formula is C40H50F2NO7PS. The maximum atomic E-state index is 15.7. The average Bonchev–Trinajstić information content (AvgIpc) is 3.04. The highest BCUT2D eigenvalue weighted by Gasteiger charge is 2.53. The minimum Gasteiger partial charge on any atom is -0.376 e. The van der Waals surface area contributed by atoms with Gasteiger partial charge >= 0.3 is 13.3 Å². The predicted molar refractivity (Wildman–Crippen MR) is 200 cm³/mol. The first-order valence-electron chi connectivity index (χ1n) is 17.0. The minimum atomic E-state index is -5.89. The van der Waals surface area contributed by atoms with Crippen molar-refractivity contribution < 1.29 is 41.0 Å². The van der Waals surface area contributed by atoms with E-state index in [4.69, 9.17) is 14.6 Å². The summed E-state index contributed by atoms with van der Waals surface area (Å²) in [7, 11) is -9.83. The number of alkyl halides is 2. The Morgan fingerprint density at radius 2 is 1.12 bits per heavy atom. The van der Waals surface area contributed by atoms with Gasteiger partial charge in [-0.25, -0.2) is 13.6 Å². The van der Waals surface area contributed by atoms with Gasteiger partial charge in [0.15, 0.2) is 0 Å². The highest BCUT2D eigenvalue weighted by Crippen LogP contribution is 2.61. The van der Waals surface area contributed by atoms with Crippen LogP contribution in [0.2, 0.25) is 0 Å². The average molecular weight is 758 g/mol. The number of sulfonamides is 1. The maximum Gasteiger partial charge on any atom is 0.399 e. The fourth-order valence-electron chi connectivity index (χ4n) is 6.70. The molecule has 0 saturated carbocycles. The molecule has 0 aliphatic carbocycles. The summed E-state index contributed by atoms with van der Waals surface area (Å²) in [6.07, 6.45) is 0.612. The van der Waals surface area contributed by atoms with Crippen LogP contribution in [0.5, 0.6) is 0 Å². The van der Waals surface area contributed by atoms with E-state index in [2.05, 4.69) is 0 Å². The number of hydrogen-bond donors (Lipinski definition) is 3. The summed E-state index contributed by atoms with van der Waals surface area (Å²) in [6, 6.07) is 28.3. The van der Waals surface area contributed by atoms with E-state index in [-0.39, 0.29) is 30.1 Å². The van der Waals surface area contributed by atoms with Crippen LogP contribution >= 0.6 is 7.60 Å². The van der Waals surface area contributed by atoms with Crippen molar-refractivity contribution in [3.05, 3.63) is 136 Å². The van der Waals surface area contributed by atoms with Gasteiger partial charge in [0.25, 0.3) is 0 Å². The third-order valence-electron chi connectivity index (χ3n) is 8.92. The molecule has 0 heterocycles. The Morgan fingerprint density at radius 3 is 1.52 bits per heavy atom. The Labute approximate surface area is 306 Å². The second-order valence-electron chi connectivity index (χ2n) is 15.6. The second-order valence-corrected chi connectivity index (χ2v) is 18.8. The van der Waals surface area contributed by atoms with E-state index in [0.717, 1.165) is 22.8 Å². The maximum absolute atomic E-state index is 15.7. The summed E-state index contributed by atoms with van der Waals surface area (Å²) in [5.41, 5.74) is -3.52. The molecule has 4 N–H and O–H groups in total. The number of nitrogens with two attached hydrogens (primary N) is 1. The molecule has 0 spiro atoms. The van der Waals surface area contributed by atoms with Gasteiger partial charge in [-0.3, -0.25) is 4.57 Å². The SMILES string of the molecule is CC(C)(C)c1c(CC(COCc2ccccc2)(COCc2ccccc2)Cc2ccc(S(N)(=O)=O)cc2)ccc(C(F)(F)P(=O)(O)O)c1C(C)(C)C. The topological polar surface area (TPSA) is 136 Å².